The average molecular weight is 187 g/mol. The van der Waals surface area contributed by atoms with E-state index in [2.05, 4.69) is 0 Å². The van der Waals surface area contributed by atoms with Gasteiger partial charge in [-0.25, -0.2) is 14.7 Å². The minimum atomic E-state index is -1.84. The molecule has 1 unspecified atom stereocenters. The van der Waals surface area contributed by atoms with Gasteiger partial charge in [0.15, 0.2) is 0 Å². The predicted octanol–water partition coefficient (Wildman–Crippen LogP) is -0.604. The number of rotatable bonds is 0. The van der Waals surface area contributed by atoms with Crippen LogP contribution in [0.5, 0.6) is 0 Å². The van der Waals surface area contributed by atoms with Crippen molar-refractivity contribution in [2.75, 3.05) is 7.05 Å². The fourth-order valence-electron chi connectivity index (χ4n) is 1.33. The van der Waals surface area contributed by atoms with E-state index < -0.39 is 23.5 Å². The molecule has 0 N–H and O–H groups in total. The highest BCUT2D eigenvalue weighted by Gasteiger charge is 2.70. The molecule has 2 saturated heterocycles. The fourth-order valence-corrected chi connectivity index (χ4v) is 1.33. The normalized spacial score (nSPS) is 36.4. The first kappa shape index (κ1) is 8.46. The number of ether oxygens (including phenoxy) is 2. The molecule has 1 amide bonds. The maximum Gasteiger partial charge on any atom is 0.382 e. The van der Waals surface area contributed by atoms with Gasteiger partial charge in [-0.2, -0.15) is 0 Å². The molecule has 1 atom stereocenters. The van der Waals surface area contributed by atoms with E-state index >= 15 is 0 Å². The Morgan fingerprint density at radius 1 is 1.31 bits per heavy atom. The molecular formula is C7H9NO5. The number of hydrogen-bond donors (Lipinski definition) is 0. The maximum atomic E-state index is 11.3. The Bertz CT molecular complexity index is 299. The summed E-state index contributed by atoms with van der Waals surface area (Å²) < 4.78 is 9.87. The number of amides is 1. The van der Waals surface area contributed by atoms with Gasteiger partial charge in [0.25, 0.3) is 0 Å². The van der Waals surface area contributed by atoms with Crippen molar-refractivity contribution < 1.29 is 23.9 Å². The zero-order chi connectivity index (χ0) is 9.85. The molecule has 0 aromatic heterocycles. The lowest BCUT2D eigenvalue weighted by Gasteiger charge is -2.38. The van der Waals surface area contributed by atoms with Crippen LogP contribution in [-0.4, -0.2) is 35.6 Å². The number of nitrogens with zero attached hydrogens (tertiary/aromatic N) is 1. The lowest BCUT2D eigenvalue weighted by molar-refractivity contribution is -0.369. The molecule has 2 aliphatic rings. The van der Waals surface area contributed by atoms with E-state index in [0.717, 1.165) is 5.06 Å². The first-order chi connectivity index (χ1) is 5.87. The fraction of sp³-hybridized carbons (Fsp3) is 0.714. The summed E-state index contributed by atoms with van der Waals surface area (Å²) in [7, 11) is 1.40. The molecule has 2 fully saturated rings. The van der Waals surface area contributed by atoms with Gasteiger partial charge in [-0.3, -0.25) is 9.53 Å². The van der Waals surface area contributed by atoms with Crippen molar-refractivity contribution in [1.29, 1.82) is 0 Å². The van der Waals surface area contributed by atoms with Crippen LogP contribution in [0.4, 0.5) is 0 Å². The molecule has 2 rings (SSSR count). The summed E-state index contributed by atoms with van der Waals surface area (Å²) in [6.07, 6.45) is 0. The molecule has 6 nitrogen and oxygen atoms in total. The minimum absolute atomic E-state index is 0.539. The van der Waals surface area contributed by atoms with E-state index in [4.69, 9.17) is 14.3 Å². The summed E-state index contributed by atoms with van der Waals surface area (Å²) in [6.45, 7) is 3.07. The van der Waals surface area contributed by atoms with Gasteiger partial charge in [0, 0.05) is 20.9 Å². The van der Waals surface area contributed by atoms with Crippen molar-refractivity contribution in [1.82, 2.24) is 5.06 Å². The molecular weight excluding hydrogens is 178 g/mol. The van der Waals surface area contributed by atoms with E-state index in [-0.39, 0.29) is 0 Å². The van der Waals surface area contributed by atoms with Gasteiger partial charge in [-0.15, -0.1) is 0 Å². The van der Waals surface area contributed by atoms with E-state index in [1.54, 1.807) is 0 Å². The molecule has 0 aromatic rings. The lowest BCUT2D eigenvalue weighted by Crippen LogP contribution is -2.66. The number of carbonyl (C=O) groups excluding carboxylic acids is 2. The standard InChI is InChI=1S/C7H9NO5/c1-6(2)11-5(10)7(12-6)4(9)8(3)13-7/h1-3H3. The minimum Gasteiger partial charge on any atom is -0.429 e. The first-order valence-corrected chi connectivity index (χ1v) is 3.78. The Labute approximate surface area is 74.3 Å². The van der Waals surface area contributed by atoms with Gasteiger partial charge < -0.3 is 4.74 Å². The molecule has 6 heteroatoms. The molecule has 0 radical (unpaired) electrons. The van der Waals surface area contributed by atoms with Crippen molar-refractivity contribution in [2.45, 2.75) is 25.4 Å². The van der Waals surface area contributed by atoms with Gasteiger partial charge >= 0.3 is 17.7 Å². The monoisotopic (exact) mass is 187 g/mol. The Balaban J connectivity index is 2.28. The predicted molar refractivity (Wildman–Crippen MR) is 37.8 cm³/mol. The summed E-state index contributed by atoms with van der Waals surface area (Å²) in [5, 5.41) is 0.933. The second-order valence-electron chi connectivity index (χ2n) is 3.40. The number of hydroxylamine groups is 2. The van der Waals surface area contributed by atoms with E-state index in [0.29, 0.717) is 0 Å². The highest BCUT2D eigenvalue weighted by molar-refractivity contribution is 6.07. The highest BCUT2D eigenvalue weighted by atomic mass is 16.9. The summed E-state index contributed by atoms with van der Waals surface area (Å²) in [6, 6.07) is 0. The van der Waals surface area contributed by atoms with Crippen LogP contribution >= 0.6 is 0 Å². The Morgan fingerprint density at radius 3 is 2.23 bits per heavy atom. The van der Waals surface area contributed by atoms with Crippen molar-refractivity contribution in [3.05, 3.63) is 0 Å². The topological polar surface area (TPSA) is 65.1 Å². The molecule has 0 aromatic carbocycles. The van der Waals surface area contributed by atoms with E-state index in [1.165, 1.54) is 20.9 Å². The van der Waals surface area contributed by atoms with Crippen LogP contribution in [0, 0.1) is 0 Å². The zero-order valence-electron chi connectivity index (χ0n) is 7.49. The lowest BCUT2D eigenvalue weighted by atomic mass is 10.2. The third-order valence-electron chi connectivity index (χ3n) is 1.83. The molecule has 13 heavy (non-hydrogen) atoms. The van der Waals surface area contributed by atoms with Gasteiger partial charge in [0.1, 0.15) is 0 Å². The first-order valence-electron chi connectivity index (χ1n) is 3.78. The van der Waals surface area contributed by atoms with Crippen LogP contribution in [0.2, 0.25) is 0 Å². The van der Waals surface area contributed by atoms with E-state index in [9.17, 15) is 9.59 Å². The average Bonchev–Trinajstić information content (AvgIpc) is 2.23. The van der Waals surface area contributed by atoms with E-state index in [1.807, 2.05) is 0 Å². The molecule has 0 aliphatic carbocycles. The maximum absolute atomic E-state index is 11.3. The number of hydrogen-bond acceptors (Lipinski definition) is 5. The molecule has 72 valence electrons. The number of carbonyl (C=O) groups is 2. The molecule has 2 heterocycles. The number of likely N-dealkylation sites (N-methyl/N-ethyl adjacent to an activating group) is 1. The number of esters is 1. The largest absolute Gasteiger partial charge is 0.429 e. The van der Waals surface area contributed by atoms with Crippen molar-refractivity contribution in [3.8, 4) is 0 Å². The quantitative estimate of drug-likeness (QED) is 0.374. The Kier molecular flexibility index (Phi) is 1.31. The summed E-state index contributed by atoms with van der Waals surface area (Å²) >= 11 is 0. The molecule has 1 spiro atoms. The third kappa shape index (κ3) is 0.895. The van der Waals surface area contributed by atoms with Gasteiger partial charge in [0.2, 0.25) is 5.79 Å². The van der Waals surface area contributed by atoms with Gasteiger partial charge in [0.05, 0.1) is 0 Å². The highest BCUT2D eigenvalue weighted by Crippen LogP contribution is 2.40. The van der Waals surface area contributed by atoms with Crippen LogP contribution in [0.3, 0.4) is 0 Å². The second-order valence-corrected chi connectivity index (χ2v) is 3.40. The molecule has 0 saturated carbocycles. The summed E-state index contributed by atoms with van der Waals surface area (Å²) in [4.78, 5) is 27.3. The van der Waals surface area contributed by atoms with Crippen LogP contribution in [0.15, 0.2) is 0 Å². The van der Waals surface area contributed by atoms with Gasteiger partial charge in [-0.1, -0.05) is 0 Å². The molecule has 0 bridgehead atoms. The second kappa shape index (κ2) is 2.02. The van der Waals surface area contributed by atoms with Crippen molar-refractivity contribution in [2.24, 2.45) is 0 Å². The summed E-state index contributed by atoms with van der Waals surface area (Å²) in [5.41, 5.74) is 0. The van der Waals surface area contributed by atoms with Crippen LogP contribution in [0.1, 0.15) is 13.8 Å². The zero-order valence-corrected chi connectivity index (χ0v) is 7.49. The van der Waals surface area contributed by atoms with Crippen molar-refractivity contribution >= 4 is 11.9 Å². The Hall–Kier alpha value is -1.14. The van der Waals surface area contributed by atoms with Crippen LogP contribution in [-0.2, 0) is 23.9 Å². The summed E-state index contributed by atoms with van der Waals surface area (Å²) in [5.74, 6) is -4.27. The van der Waals surface area contributed by atoms with Gasteiger partial charge in [-0.05, 0) is 0 Å². The molecule has 2 aliphatic heterocycles. The number of cyclic esters (lactones) is 1. The smallest absolute Gasteiger partial charge is 0.382 e. The third-order valence-corrected chi connectivity index (χ3v) is 1.83. The van der Waals surface area contributed by atoms with Crippen molar-refractivity contribution in [3.63, 3.8) is 0 Å². The van der Waals surface area contributed by atoms with Crippen LogP contribution < -0.4 is 0 Å². The Morgan fingerprint density at radius 2 is 1.92 bits per heavy atom. The van der Waals surface area contributed by atoms with Crippen LogP contribution in [0.25, 0.3) is 0 Å². The SMILES string of the molecule is CN1OC2(OC(C)(C)OC2=O)C1=O.